The Morgan fingerprint density at radius 2 is 1.84 bits per heavy atom. The molecule has 0 fully saturated rings. The zero-order chi connectivity index (χ0) is 13.5. The molecule has 5 nitrogen and oxygen atoms in total. The molecular formula is C13H11N3O2S. The number of fused-ring (bicyclic) bond motifs is 1. The first kappa shape index (κ1) is 11.9. The van der Waals surface area contributed by atoms with Gasteiger partial charge in [-0.2, -0.15) is 8.42 Å². The smallest absolute Gasteiger partial charge is 0.287 e. The monoisotopic (exact) mass is 273 g/mol. The number of rotatable bonds is 1. The molecule has 0 unspecified atom stereocenters. The fraction of sp³-hybridized carbons (Fsp3) is 0.0769. The molecule has 0 saturated carbocycles. The predicted octanol–water partition coefficient (Wildman–Crippen LogP) is 2.34. The highest BCUT2D eigenvalue weighted by molar-refractivity contribution is 7.90. The average Bonchev–Trinajstić information content (AvgIpc) is 2.39. The molecule has 2 aromatic rings. The van der Waals surface area contributed by atoms with Gasteiger partial charge in [0.2, 0.25) is 0 Å². The van der Waals surface area contributed by atoms with Crippen LogP contribution in [-0.4, -0.2) is 19.2 Å². The van der Waals surface area contributed by atoms with Gasteiger partial charge in [-0.3, -0.25) is 9.88 Å². The molecule has 0 atom stereocenters. The number of benzene rings is 1. The minimum atomic E-state index is -3.65. The number of para-hydroxylation sites is 1. The molecule has 0 aliphatic carbocycles. The number of hydrogen-bond acceptors (Lipinski definition) is 4. The maximum atomic E-state index is 12.0. The Bertz CT molecular complexity index is 754. The van der Waals surface area contributed by atoms with Crippen LogP contribution in [0.15, 0.2) is 58.1 Å². The second kappa shape index (κ2) is 4.17. The van der Waals surface area contributed by atoms with E-state index in [4.69, 9.17) is 0 Å². The zero-order valence-corrected chi connectivity index (χ0v) is 11.0. The van der Waals surface area contributed by atoms with Crippen molar-refractivity contribution < 1.29 is 8.42 Å². The summed E-state index contributed by atoms with van der Waals surface area (Å²) in [6.07, 6.45) is 2.90. The van der Waals surface area contributed by atoms with E-state index in [2.05, 4.69) is 9.38 Å². The summed E-state index contributed by atoms with van der Waals surface area (Å²) in [5.74, 6) is 0.421. The van der Waals surface area contributed by atoms with Crippen LogP contribution in [0.2, 0.25) is 0 Å². The van der Waals surface area contributed by atoms with Crippen LogP contribution in [0.3, 0.4) is 0 Å². The van der Waals surface area contributed by atoms with Gasteiger partial charge < -0.3 is 0 Å². The van der Waals surface area contributed by atoms with Gasteiger partial charge in [-0.15, -0.1) is 4.40 Å². The predicted molar refractivity (Wildman–Crippen MR) is 73.1 cm³/mol. The van der Waals surface area contributed by atoms with E-state index in [0.29, 0.717) is 11.5 Å². The quantitative estimate of drug-likeness (QED) is 0.800. The molecule has 1 aromatic carbocycles. The molecule has 0 radical (unpaired) electrons. The average molecular weight is 273 g/mol. The van der Waals surface area contributed by atoms with E-state index in [1.165, 1.54) is 6.20 Å². The van der Waals surface area contributed by atoms with Crippen LogP contribution >= 0.6 is 0 Å². The minimum absolute atomic E-state index is 0.129. The largest absolute Gasteiger partial charge is 0.297 e. The van der Waals surface area contributed by atoms with Crippen LogP contribution in [0.4, 0.5) is 11.4 Å². The summed E-state index contributed by atoms with van der Waals surface area (Å²) in [4.78, 5) is 5.80. The fourth-order valence-corrected chi connectivity index (χ4v) is 3.24. The van der Waals surface area contributed by atoms with Gasteiger partial charge in [0.1, 0.15) is 10.7 Å². The van der Waals surface area contributed by atoms with Gasteiger partial charge in [0, 0.05) is 18.1 Å². The standard InChI is InChI=1S/C13H11N3O2S/c1-10-15-19(17,18)13-9-14-8-7-12(13)16(10)11-5-3-2-4-6-11/h2-9H,1H3. The highest BCUT2D eigenvalue weighted by atomic mass is 32.2. The van der Waals surface area contributed by atoms with Gasteiger partial charge in [0.15, 0.2) is 0 Å². The Morgan fingerprint density at radius 1 is 1.11 bits per heavy atom. The molecule has 0 spiro atoms. The van der Waals surface area contributed by atoms with Gasteiger partial charge in [0.25, 0.3) is 10.0 Å². The molecule has 3 rings (SSSR count). The van der Waals surface area contributed by atoms with Crippen LogP contribution in [0, 0.1) is 0 Å². The Kier molecular flexibility index (Phi) is 2.60. The molecule has 1 aromatic heterocycles. The Morgan fingerprint density at radius 3 is 2.58 bits per heavy atom. The van der Waals surface area contributed by atoms with Gasteiger partial charge >= 0.3 is 0 Å². The molecule has 19 heavy (non-hydrogen) atoms. The Hall–Kier alpha value is -2.21. The first-order chi connectivity index (χ1) is 9.09. The fourth-order valence-electron chi connectivity index (χ4n) is 2.10. The van der Waals surface area contributed by atoms with E-state index in [1.807, 2.05) is 30.3 Å². The van der Waals surface area contributed by atoms with E-state index in [0.717, 1.165) is 5.69 Å². The second-order valence-electron chi connectivity index (χ2n) is 4.13. The Balaban J connectivity index is 2.28. The first-order valence-electron chi connectivity index (χ1n) is 5.70. The molecule has 96 valence electrons. The number of aromatic nitrogens is 1. The third-order valence-corrected chi connectivity index (χ3v) is 4.25. The molecule has 6 heteroatoms. The van der Waals surface area contributed by atoms with Crippen LogP contribution < -0.4 is 4.90 Å². The summed E-state index contributed by atoms with van der Waals surface area (Å²) in [7, 11) is -3.65. The lowest BCUT2D eigenvalue weighted by atomic mass is 10.2. The topological polar surface area (TPSA) is 62.6 Å². The molecule has 0 amide bonds. The number of anilines is 2. The first-order valence-corrected chi connectivity index (χ1v) is 7.14. The van der Waals surface area contributed by atoms with Crippen molar-refractivity contribution in [3.05, 3.63) is 48.8 Å². The summed E-state index contributed by atoms with van der Waals surface area (Å²) in [5, 5.41) is 0. The molecular weight excluding hydrogens is 262 g/mol. The number of pyridine rings is 1. The number of amidine groups is 1. The van der Waals surface area contributed by atoms with E-state index >= 15 is 0 Å². The molecule has 1 aliphatic rings. The lowest BCUT2D eigenvalue weighted by Crippen LogP contribution is -2.29. The maximum absolute atomic E-state index is 12.0. The van der Waals surface area contributed by atoms with Crippen molar-refractivity contribution in [2.24, 2.45) is 4.40 Å². The SMILES string of the molecule is CC1=NS(=O)(=O)c2cnccc2N1c1ccccc1. The van der Waals surface area contributed by atoms with E-state index in [9.17, 15) is 8.42 Å². The van der Waals surface area contributed by atoms with E-state index in [1.54, 1.807) is 24.1 Å². The summed E-state index contributed by atoms with van der Waals surface area (Å²) >= 11 is 0. The zero-order valence-electron chi connectivity index (χ0n) is 10.2. The molecule has 0 bridgehead atoms. The van der Waals surface area contributed by atoms with Crippen molar-refractivity contribution in [2.75, 3.05) is 4.90 Å². The van der Waals surface area contributed by atoms with Crippen LogP contribution in [-0.2, 0) is 10.0 Å². The summed E-state index contributed by atoms with van der Waals surface area (Å²) in [5.41, 5.74) is 1.44. The number of nitrogens with zero attached hydrogens (tertiary/aromatic N) is 3. The van der Waals surface area contributed by atoms with Crippen molar-refractivity contribution in [1.82, 2.24) is 4.98 Å². The Labute approximate surface area is 111 Å². The highest BCUT2D eigenvalue weighted by Crippen LogP contribution is 2.35. The normalized spacial score (nSPS) is 16.7. The van der Waals surface area contributed by atoms with Crippen molar-refractivity contribution in [3.8, 4) is 0 Å². The molecule has 1 aliphatic heterocycles. The number of sulfonamides is 1. The molecule has 2 heterocycles. The third-order valence-electron chi connectivity index (χ3n) is 2.87. The second-order valence-corrected chi connectivity index (χ2v) is 5.70. The van der Waals surface area contributed by atoms with Crippen LogP contribution in [0.5, 0.6) is 0 Å². The van der Waals surface area contributed by atoms with Gasteiger partial charge in [-0.05, 0) is 25.1 Å². The van der Waals surface area contributed by atoms with Gasteiger partial charge in [-0.1, -0.05) is 18.2 Å². The molecule has 0 N–H and O–H groups in total. The van der Waals surface area contributed by atoms with Crippen molar-refractivity contribution in [1.29, 1.82) is 0 Å². The van der Waals surface area contributed by atoms with Gasteiger partial charge in [-0.25, -0.2) is 0 Å². The van der Waals surface area contributed by atoms with E-state index < -0.39 is 10.0 Å². The van der Waals surface area contributed by atoms with Gasteiger partial charge in [0.05, 0.1) is 5.69 Å². The molecule has 0 saturated heterocycles. The maximum Gasteiger partial charge on any atom is 0.287 e. The lowest BCUT2D eigenvalue weighted by molar-refractivity contribution is 0.597. The van der Waals surface area contributed by atoms with Crippen molar-refractivity contribution in [2.45, 2.75) is 11.8 Å². The minimum Gasteiger partial charge on any atom is -0.297 e. The summed E-state index contributed by atoms with van der Waals surface area (Å²) < 4.78 is 27.8. The van der Waals surface area contributed by atoms with E-state index in [-0.39, 0.29) is 4.90 Å². The number of hydrogen-bond donors (Lipinski definition) is 0. The third kappa shape index (κ3) is 1.90. The van der Waals surface area contributed by atoms with Crippen LogP contribution in [0.25, 0.3) is 0 Å². The summed E-state index contributed by atoms with van der Waals surface area (Å²) in [6.45, 7) is 1.67. The summed E-state index contributed by atoms with van der Waals surface area (Å²) in [6, 6.07) is 11.2. The van der Waals surface area contributed by atoms with Crippen molar-refractivity contribution in [3.63, 3.8) is 0 Å². The lowest BCUT2D eigenvalue weighted by Gasteiger charge is -2.28. The van der Waals surface area contributed by atoms with Crippen molar-refractivity contribution >= 4 is 27.2 Å². The highest BCUT2D eigenvalue weighted by Gasteiger charge is 2.29. The van der Waals surface area contributed by atoms with Crippen LogP contribution in [0.1, 0.15) is 6.92 Å².